The second-order valence-corrected chi connectivity index (χ2v) is 14.4. The predicted octanol–water partition coefficient (Wildman–Crippen LogP) is 5.81. The number of alkyl carbamates (subject to hydrolysis) is 1. The van der Waals surface area contributed by atoms with E-state index in [9.17, 15) is 10.1 Å². The average molecular weight is 559 g/mol. The van der Waals surface area contributed by atoms with Crippen molar-refractivity contribution in [1.29, 1.82) is 5.26 Å². The number of anilines is 2. The lowest BCUT2D eigenvalue weighted by atomic mass is 9.48. The van der Waals surface area contributed by atoms with E-state index in [2.05, 4.69) is 59.1 Å². The summed E-state index contributed by atoms with van der Waals surface area (Å²) in [5, 5.41) is 19.9. The molecule has 4 aliphatic carbocycles. The van der Waals surface area contributed by atoms with E-state index in [1.807, 2.05) is 20.8 Å². The molecule has 0 saturated heterocycles. The van der Waals surface area contributed by atoms with Crippen molar-refractivity contribution < 1.29 is 14.3 Å². The second-order valence-electron chi connectivity index (χ2n) is 14.4. The molecule has 218 valence electrons. The van der Waals surface area contributed by atoms with Crippen LogP contribution in [-0.4, -0.2) is 39.8 Å². The molecule has 2 aromatic rings. The first kappa shape index (κ1) is 27.6. The number of para-hydroxylation sites is 1. The van der Waals surface area contributed by atoms with Gasteiger partial charge in [-0.2, -0.15) is 10.2 Å². The standard InChI is InChI=1S/C32H42N6O3/c1-30(2,3)41-29(39)37-25-22-9-19-10-23(25)14-32(11-19,13-22)18-36-27-24(15-33)17-35-28(38-27)34-16-21-8-6-7-20-12-31(4,5)40-26(20)21/h6-8,17,19,22-23,25H,9-14,16,18H2,1-5H3,(H,37,39)(H2,34,35,36,38)/t19?,22-,23+,25-,32+. The topological polar surface area (TPSA) is 121 Å². The molecule has 1 aromatic carbocycles. The third-order valence-electron chi connectivity index (χ3n) is 9.23. The van der Waals surface area contributed by atoms with Crippen LogP contribution < -0.4 is 20.7 Å². The van der Waals surface area contributed by atoms with Gasteiger partial charge in [0.2, 0.25) is 5.95 Å². The SMILES string of the molecule is CC(C)(C)OC(=O)N[C@@H]1[C@@H]2CC3C[C@H]1C[C@](CNc1nc(NCc4cccc5c4OC(C)(C)C5)ncc1C#N)(C3)C2. The second kappa shape index (κ2) is 10.1. The van der Waals surface area contributed by atoms with Gasteiger partial charge in [0.15, 0.2) is 0 Å². The van der Waals surface area contributed by atoms with Crippen LogP contribution in [0.15, 0.2) is 24.4 Å². The summed E-state index contributed by atoms with van der Waals surface area (Å²) in [5.41, 5.74) is 2.16. The highest BCUT2D eigenvalue weighted by atomic mass is 16.6. The van der Waals surface area contributed by atoms with Gasteiger partial charge in [-0.15, -0.1) is 0 Å². The Morgan fingerprint density at radius 1 is 1.17 bits per heavy atom. The number of nitrogens with zero attached hydrogens (tertiary/aromatic N) is 3. The average Bonchev–Trinajstić information content (AvgIpc) is 3.21. The molecule has 3 N–H and O–H groups in total. The molecule has 9 heteroatoms. The van der Waals surface area contributed by atoms with Gasteiger partial charge in [0.1, 0.15) is 34.4 Å². The summed E-state index contributed by atoms with van der Waals surface area (Å²) in [6.07, 6.45) is 7.79. The van der Waals surface area contributed by atoms with E-state index in [1.54, 1.807) is 6.20 Å². The minimum Gasteiger partial charge on any atom is -0.487 e. The van der Waals surface area contributed by atoms with Crippen LogP contribution in [0.5, 0.6) is 5.75 Å². The minimum absolute atomic E-state index is 0.141. The number of hydrogen-bond acceptors (Lipinski definition) is 8. The Hall–Kier alpha value is -3.54. The Morgan fingerprint density at radius 3 is 2.63 bits per heavy atom. The highest BCUT2D eigenvalue weighted by molar-refractivity contribution is 5.68. The molecule has 1 aliphatic heterocycles. The molecular weight excluding hydrogens is 516 g/mol. The van der Waals surface area contributed by atoms with Crippen LogP contribution in [0.4, 0.5) is 16.6 Å². The fourth-order valence-corrected chi connectivity index (χ4v) is 8.04. The molecule has 2 heterocycles. The van der Waals surface area contributed by atoms with E-state index < -0.39 is 5.60 Å². The highest BCUT2D eigenvalue weighted by Gasteiger charge is 2.55. The number of fused-ring (bicyclic) bond motifs is 1. The van der Waals surface area contributed by atoms with Gasteiger partial charge in [0.05, 0.1) is 6.20 Å². The first-order valence-electron chi connectivity index (χ1n) is 15.0. The maximum absolute atomic E-state index is 12.6. The van der Waals surface area contributed by atoms with Crippen LogP contribution >= 0.6 is 0 Å². The van der Waals surface area contributed by atoms with Crippen LogP contribution in [0.2, 0.25) is 0 Å². The van der Waals surface area contributed by atoms with Crippen molar-refractivity contribution in [3.63, 3.8) is 0 Å². The molecule has 4 bridgehead atoms. The molecule has 1 amide bonds. The fraction of sp³-hybridized carbons (Fsp3) is 0.625. The van der Waals surface area contributed by atoms with E-state index in [-0.39, 0.29) is 23.2 Å². The number of hydrogen-bond donors (Lipinski definition) is 3. The van der Waals surface area contributed by atoms with Crippen LogP contribution in [0.3, 0.4) is 0 Å². The number of amides is 1. The zero-order chi connectivity index (χ0) is 29.0. The first-order valence-corrected chi connectivity index (χ1v) is 15.0. The molecule has 0 spiro atoms. The van der Waals surface area contributed by atoms with Gasteiger partial charge in [0.25, 0.3) is 0 Å². The van der Waals surface area contributed by atoms with Crippen molar-refractivity contribution in [3.05, 3.63) is 41.1 Å². The number of carbonyl (C=O) groups is 1. The number of carbonyl (C=O) groups excluding carboxylic acids is 1. The number of rotatable bonds is 7. The Kier molecular flexibility index (Phi) is 6.79. The molecule has 5 aliphatic rings. The van der Waals surface area contributed by atoms with Gasteiger partial charge in [-0.25, -0.2) is 9.78 Å². The van der Waals surface area contributed by atoms with Crippen molar-refractivity contribution in [2.45, 2.75) is 96.9 Å². The van der Waals surface area contributed by atoms with Crippen LogP contribution in [-0.2, 0) is 17.7 Å². The monoisotopic (exact) mass is 558 g/mol. The summed E-state index contributed by atoms with van der Waals surface area (Å²) >= 11 is 0. The Morgan fingerprint density at radius 2 is 1.93 bits per heavy atom. The van der Waals surface area contributed by atoms with Crippen molar-refractivity contribution in [3.8, 4) is 11.8 Å². The summed E-state index contributed by atoms with van der Waals surface area (Å²) in [5.74, 6) is 3.58. The van der Waals surface area contributed by atoms with Gasteiger partial charge in [-0.1, -0.05) is 18.2 Å². The summed E-state index contributed by atoms with van der Waals surface area (Å²) in [6.45, 7) is 11.2. The lowest BCUT2D eigenvalue weighted by Crippen LogP contribution is -2.60. The van der Waals surface area contributed by atoms with Gasteiger partial charge in [0, 0.05) is 31.1 Å². The highest BCUT2D eigenvalue weighted by Crippen LogP contribution is 2.60. The summed E-state index contributed by atoms with van der Waals surface area (Å²) in [6, 6.07) is 8.67. The lowest BCUT2D eigenvalue weighted by molar-refractivity contribution is -0.0703. The van der Waals surface area contributed by atoms with Crippen molar-refractivity contribution in [2.75, 3.05) is 17.2 Å². The molecule has 1 unspecified atom stereocenters. The van der Waals surface area contributed by atoms with Crippen LogP contribution in [0.1, 0.15) is 83.4 Å². The number of nitriles is 1. The van der Waals surface area contributed by atoms with Crippen LogP contribution in [0.25, 0.3) is 0 Å². The summed E-state index contributed by atoms with van der Waals surface area (Å²) in [4.78, 5) is 21.7. The molecule has 41 heavy (non-hydrogen) atoms. The maximum Gasteiger partial charge on any atom is 0.407 e. The number of aromatic nitrogens is 2. The molecule has 5 atom stereocenters. The van der Waals surface area contributed by atoms with Gasteiger partial charge in [-0.3, -0.25) is 0 Å². The molecule has 1 aromatic heterocycles. The smallest absolute Gasteiger partial charge is 0.407 e. The van der Waals surface area contributed by atoms with E-state index >= 15 is 0 Å². The van der Waals surface area contributed by atoms with Gasteiger partial charge >= 0.3 is 6.09 Å². The van der Waals surface area contributed by atoms with E-state index in [0.717, 1.165) is 50.0 Å². The Balaban J connectivity index is 1.11. The number of benzene rings is 1. The first-order chi connectivity index (χ1) is 19.4. The number of nitrogens with one attached hydrogen (secondary N) is 3. The zero-order valence-electron chi connectivity index (χ0n) is 24.8. The zero-order valence-corrected chi connectivity index (χ0v) is 24.8. The summed E-state index contributed by atoms with van der Waals surface area (Å²) in [7, 11) is 0. The van der Waals surface area contributed by atoms with Crippen molar-refractivity contribution >= 4 is 17.9 Å². The largest absolute Gasteiger partial charge is 0.487 e. The van der Waals surface area contributed by atoms with E-state index in [1.165, 1.54) is 12.0 Å². The van der Waals surface area contributed by atoms with Crippen molar-refractivity contribution in [1.82, 2.24) is 15.3 Å². The Labute approximate surface area is 242 Å². The molecule has 7 rings (SSSR count). The summed E-state index contributed by atoms with van der Waals surface area (Å²) < 4.78 is 11.8. The molecule has 9 nitrogen and oxygen atoms in total. The molecule has 0 radical (unpaired) electrons. The van der Waals surface area contributed by atoms with Crippen LogP contribution in [0, 0.1) is 34.5 Å². The number of ether oxygens (including phenoxy) is 2. The van der Waals surface area contributed by atoms with E-state index in [4.69, 9.17) is 14.5 Å². The lowest BCUT2D eigenvalue weighted by Gasteiger charge is -2.60. The minimum atomic E-state index is -0.503. The van der Waals surface area contributed by atoms with Crippen molar-refractivity contribution in [2.24, 2.45) is 23.2 Å². The molecule has 4 saturated carbocycles. The maximum atomic E-state index is 12.6. The predicted molar refractivity (Wildman–Crippen MR) is 157 cm³/mol. The third-order valence-corrected chi connectivity index (χ3v) is 9.23. The third kappa shape index (κ3) is 5.79. The van der Waals surface area contributed by atoms with E-state index in [0.29, 0.717) is 41.6 Å². The van der Waals surface area contributed by atoms with Gasteiger partial charge < -0.3 is 25.4 Å². The van der Waals surface area contributed by atoms with Gasteiger partial charge in [-0.05, 0) is 95.5 Å². The molecular formula is C32H42N6O3. The fourth-order valence-electron chi connectivity index (χ4n) is 8.04. The normalized spacial score (nSPS) is 28.8. The quantitative estimate of drug-likeness (QED) is 0.390. The Bertz CT molecular complexity index is 1360. The molecule has 4 fully saturated rings.